The van der Waals surface area contributed by atoms with Gasteiger partial charge in [-0.25, -0.2) is 0 Å². The molecule has 56 valence electrons. The molecule has 1 heterocycles. The fourth-order valence-corrected chi connectivity index (χ4v) is 1.54. The quantitative estimate of drug-likeness (QED) is 0.686. The molecular weight excluding hydrogens is 202 g/mol. The maximum atomic E-state index is 3.49. The van der Waals surface area contributed by atoms with Crippen molar-refractivity contribution >= 4 is 26.8 Å². The standard InChI is InChI=1S/C9H8BrN/c1-6-4-9-7(2-3-11-9)5-8(6)10/h2-5,11H,1H3. The van der Waals surface area contributed by atoms with Crippen LogP contribution in [0, 0.1) is 6.92 Å². The Morgan fingerprint density at radius 1 is 1.36 bits per heavy atom. The molecule has 1 nitrogen and oxygen atoms in total. The van der Waals surface area contributed by atoms with Crippen molar-refractivity contribution in [2.24, 2.45) is 0 Å². The largest absolute Gasteiger partial charge is 0.361 e. The fourth-order valence-electron chi connectivity index (χ4n) is 1.18. The zero-order valence-electron chi connectivity index (χ0n) is 6.19. The number of benzene rings is 1. The van der Waals surface area contributed by atoms with E-state index in [1.165, 1.54) is 20.9 Å². The molecule has 0 saturated heterocycles. The molecule has 0 unspecified atom stereocenters. The highest BCUT2D eigenvalue weighted by atomic mass is 79.9. The number of aromatic amines is 1. The zero-order chi connectivity index (χ0) is 7.84. The van der Waals surface area contributed by atoms with Crippen molar-refractivity contribution in [2.45, 2.75) is 6.92 Å². The Balaban J connectivity index is 2.86. The first-order chi connectivity index (χ1) is 5.27. The number of aryl methyl sites for hydroxylation is 1. The first kappa shape index (κ1) is 6.92. The smallest absolute Gasteiger partial charge is 0.0457 e. The van der Waals surface area contributed by atoms with Crippen LogP contribution in [-0.4, -0.2) is 4.98 Å². The van der Waals surface area contributed by atoms with Crippen LogP contribution in [0.3, 0.4) is 0 Å². The van der Waals surface area contributed by atoms with E-state index >= 15 is 0 Å². The Kier molecular flexibility index (Phi) is 1.50. The maximum Gasteiger partial charge on any atom is 0.0457 e. The summed E-state index contributed by atoms with van der Waals surface area (Å²) in [5, 5.41) is 1.25. The molecule has 0 saturated carbocycles. The van der Waals surface area contributed by atoms with Gasteiger partial charge in [0.2, 0.25) is 0 Å². The molecule has 0 amide bonds. The van der Waals surface area contributed by atoms with Gasteiger partial charge in [0.1, 0.15) is 0 Å². The summed E-state index contributed by atoms with van der Waals surface area (Å²) < 4.78 is 1.17. The van der Waals surface area contributed by atoms with Crippen LogP contribution in [0.4, 0.5) is 0 Å². The molecule has 0 spiro atoms. The topological polar surface area (TPSA) is 15.8 Å². The summed E-state index contributed by atoms with van der Waals surface area (Å²) in [7, 11) is 0. The van der Waals surface area contributed by atoms with E-state index in [0.29, 0.717) is 0 Å². The zero-order valence-corrected chi connectivity index (χ0v) is 7.77. The molecule has 2 aromatic rings. The van der Waals surface area contributed by atoms with Crippen LogP contribution in [-0.2, 0) is 0 Å². The van der Waals surface area contributed by atoms with Crippen LogP contribution < -0.4 is 0 Å². The third-order valence-electron chi connectivity index (χ3n) is 1.83. The van der Waals surface area contributed by atoms with E-state index in [2.05, 4.69) is 46.0 Å². The normalized spacial score (nSPS) is 10.7. The highest BCUT2D eigenvalue weighted by Crippen LogP contribution is 2.22. The molecule has 0 radical (unpaired) electrons. The van der Waals surface area contributed by atoms with Crippen molar-refractivity contribution in [3.8, 4) is 0 Å². The van der Waals surface area contributed by atoms with Gasteiger partial charge in [-0.15, -0.1) is 0 Å². The highest BCUT2D eigenvalue weighted by molar-refractivity contribution is 9.10. The van der Waals surface area contributed by atoms with E-state index in [9.17, 15) is 0 Å². The van der Waals surface area contributed by atoms with Crippen LogP contribution in [0.5, 0.6) is 0 Å². The summed E-state index contributed by atoms with van der Waals surface area (Å²) in [6.07, 6.45) is 1.95. The van der Waals surface area contributed by atoms with E-state index in [1.54, 1.807) is 0 Å². The van der Waals surface area contributed by atoms with E-state index in [0.717, 1.165) is 0 Å². The van der Waals surface area contributed by atoms with Gasteiger partial charge in [-0.3, -0.25) is 0 Å². The predicted octanol–water partition coefficient (Wildman–Crippen LogP) is 3.24. The van der Waals surface area contributed by atoms with Gasteiger partial charge in [-0.05, 0) is 30.7 Å². The van der Waals surface area contributed by atoms with Crippen molar-refractivity contribution in [3.05, 3.63) is 34.4 Å². The molecule has 2 heteroatoms. The Morgan fingerprint density at radius 3 is 3.00 bits per heavy atom. The van der Waals surface area contributed by atoms with Crippen LogP contribution in [0.2, 0.25) is 0 Å². The lowest BCUT2D eigenvalue weighted by Gasteiger charge is -1.96. The number of aromatic nitrogens is 1. The third-order valence-corrected chi connectivity index (χ3v) is 2.69. The molecule has 0 atom stereocenters. The number of fused-ring (bicyclic) bond motifs is 1. The number of rotatable bonds is 0. The van der Waals surface area contributed by atoms with E-state index < -0.39 is 0 Å². The van der Waals surface area contributed by atoms with Crippen LogP contribution >= 0.6 is 15.9 Å². The van der Waals surface area contributed by atoms with Gasteiger partial charge in [0, 0.05) is 21.6 Å². The minimum atomic E-state index is 1.17. The molecule has 0 aliphatic heterocycles. The lowest BCUT2D eigenvalue weighted by molar-refractivity contribution is 1.42. The molecular formula is C9H8BrN. The summed E-state index contributed by atoms with van der Waals surface area (Å²) in [5.41, 5.74) is 2.46. The van der Waals surface area contributed by atoms with E-state index in [-0.39, 0.29) is 0 Å². The minimum Gasteiger partial charge on any atom is -0.361 e. The molecule has 1 N–H and O–H groups in total. The highest BCUT2D eigenvalue weighted by Gasteiger charge is 1.97. The summed E-state index contributed by atoms with van der Waals surface area (Å²) in [5.74, 6) is 0. The van der Waals surface area contributed by atoms with Gasteiger partial charge < -0.3 is 4.98 Å². The predicted molar refractivity (Wildman–Crippen MR) is 50.7 cm³/mol. The molecule has 1 aromatic heterocycles. The van der Waals surface area contributed by atoms with Gasteiger partial charge in [-0.1, -0.05) is 15.9 Å². The number of halogens is 1. The summed E-state index contributed by atoms with van der Waals surface area (Å²) in [4.78, 5) is 3.17. The summed E-state index contributed by atoms with van der Waals surface area (Å²) in [6.45, 7) is 2.09. The number of nitrogens with one attached hydrogen (secondary N) is 1. The van der Waals surface area contributed by atoms with Gasteiger partial charge in [0.15, 0.2) is 0 Å². The van der Waals surface area contributed by atoms with Gasteiger partial charge in [-0.2, -0.15) is 0 Å². The van der Waals surface area contributed by atoms with Crippen molar-refractivity contribution < 1.29 is 0 Å². The molecule has 11 heavy (non-hydrogen) atoms. The van der Waals surface area contributed by atoms with Crippen LogP contribution in [0.25, 0.3) is 10.9 Å². The maximum absolute atomic E-state index is 3.49. The lowest BCUT2D eigenvalue weighted by atomic mass is 10.2. The SMILES string of the molecule is Cc1cc2[nH]ccc2cc1Br. The van der Waals surface area contributed by atoms with E-state index in [4.69, 9.17) is 0 Å². The summed E-state index contributed by atoms with van der Waals surface area (Å²) in [6, 6.07) is 6.33. The first-order valence-electron chi connectivity index (χ1n) is 3.50. The number of hydrogen-bond acceptors (Lipinski definition) is 0. The Morgan fingerprint density at radius 2 is 2.18 bits per heavy atom. The monoisotopic (exact) mass is 209 g/mol. The summed E-state index contributed by atoms with van der Waals surface area (Å²) >= 11 is 3.49. The van der Waals surface area contributed by atoms with Crippen molar-refractivity contribution in [1.29, 1.82) is 0 Å². The average Bonchev–Trinajstić information content (AvgIpc) is 2.36. The van der Waals surface area contributed by atoms with Crippen LogP contribution in [0.1, 0.15) is 5.56 Å². The average molecular weight is 210 g/mol. The molecule has 2 rings (SSSR count). The van der Waals surface area contributed by atoms with Gasteiger partial charge in [0.05, 0.1) is 0 Å². The Labute approximate surface area is 73.6 Å². The lowest BCUT2D eigenvalue weighted by Crippen LogP contribution is -1.74. The van der Waals surface area contributed by atoms with Crippen molar-refractivity contribution in [2.75, 3.05) is 0 Å². The van der Waals surface area contributed by atoms with Crippen LogP contribution in [0.15, 0.2) is 28.9 Å². The van der Waals surface area contributed by atoms with Crippen molar-refractivity contribution in [1.82, 2.24) is 4.98 Å². The van der Waals surface area contributed by atoms with Gasteiger partial charge >= 0.3 is 0 Å². The van der Waals surface area contributed by atoms with Crippen molar-refractivity contribution in [3.63, 3.8) is 0 Å². The number of H-pyrrole nitrogens is 1. The Bertz CT molecular complexity index is 353. The molecule has 1 aromatic carbocycles. The van der Waals surface area contributed by atoms with E-state index in [1.807, 2.05) is 6.20 Å². The second-order valence-electron chi connectivity index (χ2n) is 2.67. The number of hydrogen-bond donors (Lipinski definition) is 1. The first-order valence-corrected chi connectivity index (χ1v) is 4.30. The Hall–Kier alpha value is -0.760. The molecule has 0 aliphatic carbocycles. The van der Waals surface area contributed by atoms with Gasteiger partial charge in [0.25, 0.3) is 0 Å². The molecule has 0 fully saturated rings. The second kappa shape index (κ2) is 2.38. The molecule has 0 bridgehead atoms. The second-order valence-corrected chi connectivity index (χ2v) is 3.52. The fraction of sp³-hybridized carbons (Fsp3) is 0.111. The third kappa shape index (κ3) is 1.07. The minimum absolute atomic E-state index is 1.17. The molecule has 0 aliphatic rings.